The van der Waals surface area contributed by atoms with Crippen molar-refractivity contribution in [2.24, 2.45) is 0 Å². The van der Waals surface area contributed by atoms with Gasteiger partial charge in [-0.05, 0) is 12.1 Å². The molecule has 0 bridgehead atoms. The minimum absolute atomic E-state index is 0.118. The lowest BCUT2D eigenvalue weighted by atomic mass is 10.3. The first kappa shape index (κ1) is 11.9. The number of halogens is 1. The van der Waals surface area contributed by atoms with Gasteiger partial charge in [0.2, 0.25) is 0 Å². The Morgan fingerprint density at radius 3 is 2.88 bits per heavy atom. The lowest BCUT2D eigenvalue weighted by Gasteiger charge is -2.05. The molecule has 0 heterocycles. The van der Waals surface area contributed by atoms with Crippen LogP contribution in [0.3, 0.4) is 0 Å². The fourth-order valence-electron chi connectivity index (χ4n) is 0.918. The molecule has 2 N–H and O–H groups in total. The van der Waals surface area contributed by atoms with E-state index in [9.17, 15) is 19.3 Å². The quantitative estimate of drug-likeness (QED) is 0.581. The SMILES string of the molecule is O=C(O)CONc1ccc(F)cc1[N+](=O)[O-]. The number of aliphatic carboxylic acids is 1. The third-order valence-corrected chi connectivity index (χ3v) is 1.53. The summed E-state index contributed by atoms with van der Waals surface area (Å²) in [4.78, 5) is 24.2. The van der Waals surface area contributed by atoms with E-state index >= 15 is 0 Å². The monoisotopic (exact) mass is 230 g/mol. The van der Waals surface area contributed by atoms with Crippen molar-refractivity contribution in [1.82, 2.24) is 0 Å². The molecule has 0 saturated carbocycles. The van der Waals surface area contributed by atoms with Gasteiger partial charge in [0.15, 0.2) is 6.61 Å². The van der Waals surface area contributed by atoms with Crippen molar-refractivity contribution in [2.75, 3.05) is 12.1 Å². The number of anilines is 1. The molecule has 1 aromatic rings. The molecule has 0 atom stereocenters. The van der Waals surface area contributed by atoms with Gasteiger partial charge in [-0.3, -0.25) is 20.4 Å². The Morgan fingerprint density at radius 1 is 1.62 bits per heavy atom. The van der Waals surface area contributed by atoms with Crippen LogP contribution in [0, 0.1) is 15.9 Å². The van der Waals surface area contributed by atoms with E-state index in [1.54, 1.807) is 0 Å². The van der Waals surface area contributed by atoms with Gasteiger partial charge in [0.25, 0.3) is 5.69 Å². The third-order valence-electron chi connectivity index (χ3n) is 1.53. The summed E-state index contributed by atoms with van der Waals surface area (Å²) in [6.07, 6.45) is 0. The van der Waals surface area contributed by atoms with Gasteiger partial charge < -0.3 is 5.11 Å². The van der Waals surface area contributed by atoms with Crippen molar-refractivity contribution < 1.29 is 24.1 Å². The number of nitrogens with one attached hydrogen (secondary N) is 1. The maximum absolute atomic E-state index is 12.7. The van der Waals surface area contributed by atoms with Crippen LogP contribution < -0.4 is 5.48 Å². The molecular weight excluding hydrogens is 223 g/mol. The first-order valence-corrected chi connectivity index (χ1v) is 4.04. The molecule has 0 amide bonds. The van der Waals surface area contributed by atoms with Crippen molar-refractivity contribution in [3.63, 3.8) is 0 Å². The Bertz CT molecular complexity index is 423. The molecule has 0 radical (unpaired) electrons. The Hall–Kier alpha value is -2.22. The Kier molecular flexibility index (Phi) is 3.72. The predicted octanol–water partition coefficient (Wildman–Crippen LogP) is 1.16. The molecule has 0 aliphatic carbocycles. The van der Waals surface area contributed by atoms with Gasteiger partial charge >= 0.3 is 5.97 Å². The predicted molar refractivity (Wildman–Crippen MR) is 50.3 cm³/mol. The zero-order chi connectivity index (χ0) is 12.1. The highest BCUT2D eigenvalue weighted by Crippen LogP contribution is 2.24. The van der Waals surface area contributed by atoms with Crippen molar-refractivity contribution >= 4 is 17.3 Å². The topological polar surface area (TPSA) is 102 Å². The van der Waals surface area contributed by atoms with Crippen molar-refractivity contribution in [3.8, 4) is 0 Å². The highest BCUT2D eigenvalue weighted by Gasteiger charge is 2.15. The summed E-state index contributed by atoms with van der Waals surface area (Å²) in [6.45, 7) is -0.672. The molecule has 0 spiro atoms. The van der Waals surface area contributed by atoms with Crippen LogP contribution in [0.1, 0.15) is 0 Å². The van der Waals surface area contributed by atoms with Crippen LogP contribution in [0.5, 0.6) is 0 Å². The van der Waals surface area contributed by atoms with Gasteiger partial charge in [0, 0.05) is 0 Å². The average molecular weight is 230 g/mol. The molecular formula is C8H7FN2O5. The van der Waals surface area contributed by atoms with Crippen LogP contribution >= 0.6 is 0 Å². The zero-order valence-electron chi connectivity index (χ0n) is 7.84. The highest BCUT2D eigenvalue weighted by atomic mass is 19.1. The molecule has 0 saturated heterocycles. The molecule has 7 nitrogen and oxygen atoms in total. The van der Waals surface area contributed by atoms with Gasteiger partial charge in [-0.1, -0.05) is 0 Å². The molecule has 1 aromatic carbocycles. The van der Waals surface area contributed by atoms with Crippen molar-refractivity contribution in [3.05, 3.63) is 34.1 Å². The lowest BCUT2D eigenvalue weighted by molar-refractivity contribution is -0.384. The number of carboxylic acids is 1. The summed E-state index contributed by atoms with van der Waals surface area (Å²) in [6, 6.07) is 2.77. The van der Waals surface area contributed by atoms with Crippen LogP contribution in [-0.2, 0) is 9.63 Å². The second-order valence-corrected chi connectivity index (χ2v) is 2.70. The van der Waals surface area contributed by atoms with Crippen LogP contribution in [0.2, 0.25) is 0 Å². The number of hydrogen-bond donors (Lipinski definition) is 2. The molecule has 86 valence electrons. The Labute approximate surface area is 88.6 Å². The number of nitro benzene ring substituents is 1. The molecule has 1 rings (SSSR count). The molecule has 0 aliphatic heterocycles. The van der Waals surface area contributed by atoms with Crippen molar-refractivity contribution in [2.45, 2.75) is 0 Å². The molecule has 0 fully saturated rings. The third kappa shape index (κ3) is 3.17. The largest absolute Gasteiger partial charge is 0.479 e. The molecule has 0 aliphatic rings. The van der Waals surface area contributed by atoms with Crippen molar-refractivity contribution in [1.29, 1.82) is 0 Å². The van der Waals surface area contributed by atoms with E-state index in [2.05, 4.69) is 10.3 Å². The van der Waals surface area contributed by atoms with E-state index < -0.39 is 29.0 Å². The summed E-state index contributed by atoms with van der Waals surface area (Å²) < 4.78 is 12.7. The van der Waals surface area contributed by atoms with E-state index in [4.69, 9.17) is 5.11 Å². The second kappa shape index (κ2) is 5.03. The van der Waals surface area contributed by atoms with Gasteiger partial charge in [-0.15, -0.1) is 0 Å². The normalized spacial score (nSPS) is 9.81. The smallest absolute Gasteiger partial charge is 0.332 e. The van der Waals surface area contributed by atoms with Crippen LogP contribution in [0.15, 0.2) is 18.2 Å². The van der Waals surface area contributed by atoms with Gasteiger partial charge in [0.1, 0.15) is 11.5 Å². The van der Waals surface area contributed by atoms with Gasteiger partial charge in [0.05, 0.1) is 11.0 Å². The number of nitrogens with zero attached hydrogens (tertiary/aromatic N) is 1. The first-order valence-electron chi connectivity index (χ1n) is 4.04. The maximum atomic E-state index is 12.7. The number of carbonyl (C=O) groups is 1. The van der Waals surface area contributed by atoms with E-state index in [-0.39, 0.29) is 5.69 Å². The summed E-state index contributed by atoms with van der Waals surface area (Å²) in [7, 11) is 0. The molecule has 0 aromatic heterocycles. The van der Waals surface area contributed by atoms with E-state index in [1.165, 1.54) is 0 Å². The van der Waals surface area contributed by atoms with Gasteiger partial charge in [-0.2, -0.15) is 0 Å². The minimum atomic E-state index is -1.24. The standard InChI is InChI=1S/C8H7FN2O5/c9-5-1-2-6(7(3-5)11(14)15)10-16-4-8(12)13/h1-3,10H,4H2,(H,12,13). The average Bonchev–Trinajstić information content (AvgIpc) is 2.19. The Balaban J connectivity index is 2.78. The molecule has 16 heavy (non-hydrogen) atoms. The highest BCUT2D eigenvalue weighted by molar-refractivity contribution is 5.68. The summed E-state index contributed by atoms with van der Waals surface area (Å²) in [5.74, 6) is -2.01. The van der Waals surface area contributed by atoms with Crippen LogP contribution in [0.25, 0.3) is 0 Å². The van der Waals surface area contributed by atoms with Gasteiger partial charge in [-0.25, -0.2) is 9.18 Å². The summed E-state index contributed by atoms with van der Waals surface area (Å²) in [5.41, 5.74) is 1.41. The fraction of sp³-hybridized carbons (Fsp3) is 0.125. The lowest BCUT2D eigenvalue weighted by Crippen LogP contribution is -2.12. The summed E-state index contributed by atoms with van der Waals surface area (Å²) >= 11 is 0. The zero-order valence-corrected chi connectivity index (χ0v) is 7.84. The number of nitro groups is 1. The number of rotatable bonds is 5. The number of benzene rings is 1. The minimum Gasteiger partial charge on any atom is -0.479 e. The summed E-state index contributed by atoms with van der Waals surface area (Å²) in [5, 5.41) is 18.8. The van der Waals surface area contributed by atoms with E-state index in [1.807, 2.05) is 0 Å². The van der Waals surface area contributed by atoms with Crippen LogP contribution in [-0.4, -0.2) is 22.6 Å². The fourth-order valence-corrected chi connectivity index (χ4v) is 0.918. The first-order chi connectivity index (χ1) is 7.50. The maximum Gasteiger partial charge on any atom is 0.332 e. The number of carboxylic acid groups (broad SMARTS) is 1. The van der Waals surface area contributed by atoms with Crippen LogP contribution in [0.4, 0.5) is 15.8 Å². The Morgan fingerprint density at radius 2 is 2.31 bits per heavy atom. The molecule has 0 unspecified atom stereocenters. The van der Waals surface area contributed by atoms with E-state index in [0.29, 0.717) is 6.07 Å². The number of hydrogen-bond acceptors (Lipinski definition) is 5. The second-order valence-electron chi connectivity index (χ2n) is 2.70. The van der Waals surface area contributed by atoms with E-state index in [0.717, 1.165) is 12.1 Å². The molecule has 8 heteroatoms.